The second-order valence-electron chi connectivity index (χ2n) is 7.78. The van der Waals surface area contributed by atoms with Gasteiger partial charge >= 0.3 is 5.97 Å². The first-order valence-electron chi connectivity index (χ1n) is 11.2. The molecule has 34 heavy (non-hydrogen) atoms. The average Bonchev–Trinajstić information content (AvgIpc) is 3.25. The topological polar surface area (TPSA) is 139 Å². The van der Waals surface area contributed by atoms with E-state index in [1.807, 2.05) is 13.8 Å². The summed E-state index contributed by atoms with van der Waals surface area (Å²) in [6.45, 7) is 3.83. The third-order valence-corrected chi connectivity index (χ3v) is 5.03. The van der Waals surface area contributed by atoms with Crippen molar-refractivity contribution in [3.63, 3.8) is 0 Å². The Morgan fingerprint density at radius 1 is 1.03 bits per heavy atom. The number of hydroxylamine groups is 1. The molecule has 178 valence electrons. The van der Waals surface area contributed by atoms with E-state index < -0.39 is 11.9 Å². The minimum absolute atomic E-state index is 0.0724. The second-order valence-corrected chi connectivity index (χ2v) is 7.78. The van der Waals surface area contributed by atoms with Gasteiger partial charge in [-0.05, 0) is 61.4 Å². The van der Waals surface area contributed by atoms with Crippen molar-refractivity contribution in [1.29, 1.82) is 5.41 Å². The number of hydrogen-bond donors (Lipinski definition) is 3. The number of furan rings is 1. The number of nitrogens with one attached hydrogen (secondary N) is 2. The van der Waals surface area contributed by atoms with Gasteiger partial charge in [-0.3, -0.25) is 15.0 Å². The zero-order valence-electron chi connectivity index (χ0n) is 19.2. The van der Waals surface area contributed by atoms with Crippen LogP contribution in [0.1, 0.15) is 62.1 Å². The molecule has 4 N–H and O–H groups in total. The molecular weight excluding hydrogens is 436 g/mol. The molecule has 9 heteroatoms. The maximum Gasteiger partial charge on any atom is 0.333 e. The average molecular weight is 465 g/mol. The molecule has 0 spiro atoms. The lowest BCUT2D eigenvalue weighted by molar-refractivity contribution is -0.150. The van der Waals surface area contributed by atoms with Crippen molar-refractivity contribution in [2.45, 2.75) is 46.0 Å². The van der Waals surface area contributed by atoms with Crippen LogP contribution < -0.4 is 16.1 Å². The zero-order valence-corrected chi connectivity index (χ0v) is 19.2. The normalized spacial score (nSPS) is 10.6. The highest BCUT2D eigenvalue weighted by Gasteiger charge is 2.21. The largest absolute Gasteiger partial charge is 0.451 e. The van der Waals surface area contributed by atoms with Crippen LogP contribution >= 0.6 is 0 Å². The van der Waals surface area contributed by atoms with Gasteiger partial charge in [0.15, 0.2) is 5.76 Å². The Hall–Kier alpha value is -4.14. The van der Waals surface area contributed by atoms with E-state index in [-0.39, 0.29) is 30.3 Å². The Morgan fingerprint density at radius 2 is 1.76 bits per heavy atom. The molecule has 0 unspecified atom stereocenters. The van der Waals surface area contributed by atoms with Crippen LogP contribution in [-0.4, -0.2) is 23.6 Å². The molecule has 0 bridgehead atoms. The second kappa shape index (κ2) is 11.1. The summed E-state index contributed by atoms with van der Waals surface area (Å²) in [5, 5.41) is 11.9. The molecule has 0 fully saturated rings. The van der Waals surface area contributed by atoms with E-state index in [1.165, 1.54) is 0 Å². The van der Waals surface area contributed by atoms with E-state index in [9.17, 15) is 14.4 Å². The van der Waals surface area contributed by atoms with Crippen LogP contribution in [0.25, 0.3) is 11.0 Å². The molecule has 0 atom stereocenters. The molecule has 3 rings (SSSR count). The molecule has 2 amide bonds. The summed E-state index contributed by atoms with van der Waals surface area (Å²) in [6.07, 6.45) is 2.59. The van der Waals surface area contributed by atoms with E-state index >= 15 is 0 Å². The molecule has 0 aliphatic rings. The molecular formula is C25H28N4O5. The van der Waals surface area contributed by atoms with Gasteiger partial charge in [-0.2, -0.15) is 0 Å². The fourth-order valence-electron chi connectivity index (χ4n) is 3.22. The van der Waals surface area contributed by atoms with Crippen LogP contribution in [0.15, 0.2) is 52.9 Å². The van der Waals surface area contributed by atoms with Crippen LogP contribution in [0, 0.1) is 5.41 Å². The molecule has 0 radical (unpaired) electrons. The Labute approximate surface area is 197 Å². The van der Waals surface area contributed by atoms with Crippen LogP contribution in [0.4, 0.5) is 11.4 Å². The van der Waals surface area contributed by atoms with E-state index in [4.69, 9.17) is 20.4 Å². The van der Waals surface area contributed by atoms with Gasteiger partial charge < -0.3 is 20.3 Å². The maximum absolute atomic E-state index is 12.7. The number of anilines is 2. The third-order valence-electron chi connectivity index (χ3n) is 5.03. The lowest BCUT2D eigenvalue weighted by Gasteiger charge is -2.21. The zero-order chi connectivity index (χ0) is 24.7. The van der Waals surface area contributed by atoms with Crippen LogP contribution in [0.2, 0.25) is 0 Å². The first-order chi connectivity index (χ1) is 16.3. The fraction of sp³-hybridized carbons (Fsp3) is 0.280. The van der Waals surface area contributed by atoms with Crippen molar-refractivity contribution in [2.75, 3.05) is 10.4 Å². The molecule has 0 saturated heterocycles. The summed E-state index contributed by atoms with van der Waals surface area (Å²) < 4.78 is 5.60. The van der Waals surface area contributed by atoms with Crippen LogP contribution in [-0.2, 0) is 14.4 Å². The highest BCUT2D eigenvalue weighted by atomic mass is 16.7. The molecule has 0 aliphatic carbocycles. The van der Waals surface area contributed by atoms with Crippen molar-refractivity contribution >= 4 is 46.0 Å². The molecule has 2 aromatic carbocycles. The fourth-order valence-corrected chi connectivity index (χ4v) is 3.22. The summed E-state index contributed by atoms with van der Waals surface area (Å²) in [5.41, 5.74) is 7.41. The molecule has 3 aromatic rings. The number of hydrogen-bond acceptors (Lipinski definition) is 6. The van der Waals surface area contributed by atoms with Crippen molar-refractivity contribution in [3.8, 4) is 0 Å². The predicted molar refractivity (Wildman–Crippen MR) is 130 cm³/mol. The Bertz CT molecular complexity index is 1200. The summed E-state index contributed by atoms with van der Waals surface area (Å²) in [4.78, 5) is 42.6. The first-order valence-corrected chi connectivity index (χ1v) is 11.2. The summed E-state index contributed by atoms with van der Waals surface area (Å²) in [7, 11) is 0. The summed E-state index contributed by atoms with van der Waals surface area (Å²) >= 11 is 0. The highest BCUT2D eigenvalue weighted by molar-refractivity contribution is 6.06. The molecule has 0 aliphatic heterocycles. The van der Waals surface area contributed by atoms with E-state index in [1.54, 1.807) is 48.5 Å². The highest BCUT2D eigenvalue weighted by Crippen LogP contribution is 2.24. The molecule has 1 aromatic heterocycles. The van der Waals surface area contributed by atoms with E-state index in [0.29, 0.717) is 40.7 Å². The number of amidine groups is 1. The SMILES string of the molecule is CCCCC(=O)N(OC(=O)CCC)c1ccc(NC(=O)c2cc3cc(C(=N)N)ccc3o2)cc1. The predicted octanol–water partition coefficient (Wildman–Crippen LogP) is 4.75. The smallest absolute Gasteiger partial charge is 0.333 e. The number of nitrogen functional groups attached to an aromatic ring is 1. The number of unbranched alkanes of at least 4 members (excludes halogenated alkanes) is 1. The van der Waals surface area contributed by atoms with Crippen molar-refractivity contribution in [3.05, 3.63) is 59.9 Å². The van der Waals surface area contributed by atoms with Gasteiger partial charge in [0.25, 0.3) is 11.8 Å². The van der Waals surface area contributed by atoms with Gasteiger partial charge in [0.2, 0.25) is 0 Å². The van der Waals surface area contributed by atoms with Crippen LogP contribution in [0.3, 0.4) is 0 Å². The number of benzene rings is 2. The van der Waals surface area contributed by atoms with E-state index in [2.05, 4.69) is 5.32 Å². The first kappa shape index (κ1) is 24.5. The van der Waals surface area contributed by atoms with Gasteiger partial charge in [-0.25, -0.2) is 4.79 Å². The lowest BCUT2D eigenvalue weighted by Crippen LogP contribution is -2.33. The van der Waals surface area contributed by atoms with Gasteiger partial charge in [-0.15, -0.1) is 5.06 Å². The lowest BCUT2D eigenvalue weighted by atomic mass is 10.1. The van der Waals surface area contributed by atoms with Crippen molar-refractivity contribution in [2.24, 2.45) is 5.73 Å². The number of nitrogens with zero attached hydrogens (tertiary/aromatic N) is 1. The van der Waals surface area contributed by atoms with Gasteiger partial charge in [-0.1, -0.05) is 20.3 Å². The number of carbonyl (C=O) groups excluding carboxylic acids is 3. The van der Waals surface area contributed by atoms with Crippen molar-refractivity contribution < 1.29 is 23.6 Å². The molecule has 0 saturated carbocycles. The monoisotopic (exact) mass is 464 g/mol. The Kier molecular flexibility index (Phi) is 8.02. The number of amides is 2. The quantitative estimate of drug-likeness (QED) is 0.237. The molecule has 1 heterocycles. The minimum atomic E-state index is -0.484. The molecule has 9 nitrogen and oxygen atoms in total. The summed E-state index contributed by atoms with van der Waals surface area (Å²) in [6, 6.07) is 13.0. The van der Waals surface area contributed by atoms with Gasteiger partial charge in [0, 0.05) is 29.5 Å². The Balaban J connectivity index is 1.74. The standard InChI is InChI=1S/C25H28N4O5/c1-3-5-7-22(30)29(34-23(31)6-4-2)19-11-9-18(10-12-19)28-25(32)21-15-17-14-16(24(26)27)8-13-20(17)33-21/h8-15H,3-7H2,1-2H3,(H3,26,27)(H,28,32). The number of carbonyl (C=O) groups is 3. The van der Waals surface area contributed by atoms with Gasteiger partial charge in [0.1, 0.15) is 11.4 Å². The summed E-state index contributed by atoms with van der Waals surface area (Å²) in [5.74, 6) is -1.22. The Morgan fingerprint density at radius 3 is 2.41 bits per heavy atom. The van der Waals surface area contributed by atoms with Gasteiger partial charge in [0.05, 0.1) is 5.69 Å². The number of rotatable bonds is 9. The number of fused-ring (bicyclic) bond motifs is 1. The van der Waals surface area contributed by atoms with Crippen molar-refractivity contribution in [1.82, 2.24) is 0 Å². The third kappa shape index (κ3) is 6.00. The van der Waals surface area contributed by atoms with Crippen LogP contribution in [0.5, 0.6) is 0 Å². The maximum atomic E-state index is 12.7. The number of nitrogens with two attached hydrogens (primary N) is 1. The minimum Gasteiger partial charge on any atom is -0.451 e. The van der Waals surface area contributed by atoms with E-state index in [0.717, 1.165) is 11.5 Å².